The van der Waals surface area contributed by atoms with Gasteiger partial charge in [-0.15, -0.1) is 12.4 Å². The van der Waals surface area contributed by atoms with Crippen molar-refractivity contribution in [2.45, 2.75) is 45.6 Å². The van der Waals surface area contributed by atoms with Gasteiger partial charge in [0.25, 0.3) is 0 Å². The molecule has 1 aliphatic rings. The van der Waals surface area contributed by atoms with Crippen molar-refractivity contribution in [1.29, 1.82) is 5.26 Å². The van der Waals surface area contributed by atoms with Crippen LogP contribution in [-0.2, 0) is 11.2 Å². The van der Waals surface area contributed by atoms with Gasteiger partial charge in [-0.25, -0.2) is 4.98 Å². The second kappa shape index (κ2) is 10.6. The van der Waals surface area contributed by atoms with E-state index in [1.807, 2.05) is 6.07 Å². The predicted octanol–water partition coefficient (Wildman–Crippen LogP) is 3.15. The van der Waals surface area contributed by atoms with E-state index in [9.17, 15) is 4.79 Å². The molecule has 3 rings (SSSR count). The second-order valence-electron chi connectivity index (χ2n) is 7.36. The monoisotopic (exact) mass is 429 g/mol. The zero-order valence-corrected chi connectivity index (χ0v) is 18.1. The van der Waals surface area contributed by atoms with E-state index in [1.54, 1.807) is 25.1 Å². The number of nitriles is 1. The Morgan fingerprint density at radius 2 is 2.13 bits per heavy atom. The molecule has 1 aromatic carbocycles. The molecular formula is C21H28ClN7O. The van der Waals surface area contributed by atoms with Crippen molar-refractivity contribution in [3.05, 3.63) is 35.5 Å². The molecule has 0 saturated carbocycles. The predicted molar refractivity (Wildman–Crippen MR) is 121 cm³/mol. The van der Waals surface area contributed by atoms with Crippen LogP contribution in [0.1, 0.15) is 44.4 Å². The van der Waals surface area contributed by atoms with Gasteiger partial charge in [0.1, 0.15) is 5.82 Å². The fourth-order valence-corrected chi connectivity index (χ4v) is 3.48. The number of nitrogens with two attached hydrogens (primary N) is 1. The highest BCUT2D eigenvalue weighted by molar-refractivity contribution is 5.85. The van der Waals surface area contributed by atoms with Gasteiger partial charge in [-0.1, -0.05) is 13.3 Å². The minimum Gasteiger partial charge on any atom is -0.399 e. The number of hydrogen-bond acceptors (Lipinski definition) is 7. The Balaban J connectivity index is 0.00000320. The van der Waals surface area contributed by atoms with E-state index in [2.05, 4.69) is 38.5 Å². The smallest absolute Gasteiger partial charge is 0.229 e. The molecule has 1 amide bonds. The third-order valence-corrected chi connectivity index (χ3v) is 4.81. The summed E-state index contributed by atoms with van der Waals surface area (Å²) in [6.45, 7) is 5.24. The van der Waals surface area contributed by atoms with Crippen LogP contribution in [0, 0.1) is 11.3 Å². The topological polar surface area (TPSA) is 120 Å². The third-order valence-electron chi connectivity index (χ3n) is 4.81. The van der Waals surface area contributed by atoms with Crippen molar-refractivity contribution < 1.29 is 4.79 Å². The number of nitrogens with zero attached hydrogens (tertiary/aromatic N) is 4. The van der Waals surface area contributed by atoms with Gasteiger partial charge < -0.3 is 21.3 Å². The first-order chi connectivity index (χ1) is 14.0. The highest BCUT2D eigenvalue weighted by Crippen LogP contribution is 2.24. The van der Waals surface area contributed by atoms with Gasteiger partial charge >= 0.3 is 0 Å². The highest BCUT2D eigenvalue weighted by Gasteiger charge is 2.24. The number of halogens is 1. The van der Waals surface area contributed by atoms with Crippen LogP contribution in [0.2, 0.25) is 0 Å². The number of nitrogens with one attached hydrogen (secondary N) is 2. The third kappa shape index (κ3) is 6.22. The molecule has 1 atom stereocenters. The summed E-state index contributed by atoms with van der Waals surface area (Å²) in [5.41, 5.74) is 8.52. The zero-order chi connectivity index (χ0) is 20.8. The first-order valence-corrected chi connectivity index (χ1v) is 9.94. The maximum Gasteiger partial charge on any atom is 0.229 e. The maximum atomic E-state index is 11.4. The quantitative estimate of drug-likeness (QED) is 0.578. The molecule has 1 fully saturated rings. The first kappa shape index (κ1) is 23.2. The van der Waals surface area contributed by atoms with Gasteiger partial charge in [-0.3, -0.25) is 4.79 Å². The van der Waals surface area contributed by atoms with Crippen LogP contribution in [0.15, 0.2) is 24.3 Å². The molecule has 0 spiro atoms. The second-order valence-corrected chi connectivity index (χ2v) is 7.36. The number of hydrogen-bond donors (Lipinski definition) is 3. The summed E-state index contributed by atoms with van der Waals surface area (Å²) in [6.07, 6.45) is 3.87. The maximum absolute atomic E-state index is 11.4. The Labute approximate surface area is 183 Å². The molecule has 4 N–H and O–H groups in total. The molecule has 1 aliphatic heterocycles. The molecule has 30 heavy (non-hydrogen) atoms. The average Bonchev–Trinajstić information content (AvgIpc) is 3.13. The zero-order valence-electron chi connectivity index (χ0n) is 17.3. The molecule has 1 saturated heterocycles. The number of benzene rings is 1. The first-order valence-electron chi connectivity index (χ1n) is 9.94. The van der Waals surface area contributed by atoms with Crippen LogP contribution in [0.4, 0.5) is 23.1 Å². The summed E-state index contributed by atoms with van der Waals surface area (Å²) in [5, 5.41) is 15.3. The van der Waals surface area contributed by atoms with Crippen LogP contribution in [0.25, 0.3) is 0 Å². The minimum atomic E-state index is -0.0134. The fourth-order valence-electron chi connectivity index (χ4n) is 3.48. The number of nitrogen functional groups attached to an aromatic ring is 1. The number of unbranched alkanes of at least 4 members (excludes halogenated alkanes) is 1. The summed E-state index contributed by atoms with van der Waals surface area (Å²) >= 11 is 0. The fraction of sp³-hybridized carbons (Fsp3) is 0.429. The Kier molecular flexibility index (Phi) is 8.25. The molecule has 1 unspecified atom stereocenters. The van der Waals surface area contributed by atoms with Gasteiger partial charge in [-0.05, 0) is 37.5 Å². The lowest BCUT2D eigenvalue weighted by Crippen LogP contribution is -2.35. The number of carbonyl (C=O) groups excluding carboxylic acids is 1. The molecule has 1 aromatic heterocycles. The van der Waals surface area contributed by atoms with Crippen molar-refractivity contribution in [2.75, 3.05) is 29.0 Å². The molecule has 8 nitrogen and oxygen atoms in total. The standard InChI is InChI=1S/C21H27N7O.ClH/c1-3-4-5-17-11-20(28-7-6-18(13-28)24-14(2)29)27-21(25-17)26-19-9-15(12-22)8-16(23)10-19;/h8-11,18H,3-7,13,23H2,1-2H3,(H,24,29)(H,25,26,27);1H. The van der Waals surface area contributed by atoms with Gasteiger partial charge in [0, 0.05) is 49.2 Å². The normalized spacial score (nSPS) is 15.2. The van der Waals surface area contributed by atoms with Crippen LogP contribution in [0.5, 0.6) is 0 Å². The van der Waals surface area contributed by atoms with E-state index >= 15 is 0 Å². The molecular weight excluding hydrogens is 402 g/mol. The van der Waals surface area contributed by atoms with Crippen molar-refractivity contribution in [3.63, 3.8) is 0 Å². The van der Waals surface area contributed by atoms with E-state index in [0.717, 1.165) is 50.3 Å². The van der Waals surface area contributed by atoms with E-state index in [4.69, 9.17) is 11.0 Å². The van der Waals surface area contributed by atoms with E-state index in [1.165, 1.54) is 0 Å². The molecule has 0 bridgehead atoms. The lowest BCUT2D eigenvalue weighted by Gasteiger charge is -2.19. The van der Waals surface area contributed by atoms with Crippen LogP contribution < -0.4 is 21.3 Å². The molecule has 0 radical (unpaired) electrons. The molecule has 0 aliphatic carbocycles. The Hall–Kier alpha value is -3.05. The number of amides is 1. The Morgan fingerprint density at radius 3 is 2.83 bits per heavy atom. The summed E-state index contributed by atoms with van der Waals surface area (Å²) in [5.74, 6) is 1.30. The number of carbonyl (C=O) groups is 1. The Morgan fingerprint density at radius 1 is 1.33 bits per heavy atom. The van der Waals surface area contributed by atoms with Crippen LogP contribution >= 0.6 is 12.4 Å². The number of aryl methyl sites for hydroxylation is 1. The van der Waals surface area contributed by atoms with Crippen molar-refractivity contribution in [2.24, 2.45) is 0 Å². The number of rotatable bonds is 7. The van der Waals surface area contributed by atoms with Gasteiger partial charge in [-0.2, -0.15) is 10.2 Å². The van der Waals surface area contributed by atoms with Crippen molar-refractivity contribution in [1.82, 2.24) is 15.3 Å². The summed E-state index contributed by atoms with van der Waals surface area (Å²) in [4.78, 5) is 22.9. The molecule has 9 heteroatoms. The van der Waals surface area contributed by atoms with E-state index in [-0.39, 0.29) is 24.4 Å². The number of aromatic nitrogens is 2. The summed E-state index contributed by atoms with van der Waals surface area (Å²) < 4.78 is 0. The largest absolute Gasteiger partial charge is 0.399 e. The Bertz CT molecular complexity index is 928. The lowest BCUT2D eigenvalue weighted by molar-refractivity contribution is -0.119. The van der Waals surface area contributed by atoms with E-state index in [0.29, 0.717) is 22.9 Å². The van der Waals surface area contributed by atoms with Gasteiger partial charge in [0.15, 0.2) is 0 Å². The van der Waals surface area contributed by atoms with Gasteiger partial charge in [0.05, 0.1) is 11.6 Å². The van der Waals surface area contributed by atoms with Crippen molar-refractivity contribution >= 4 is 41.5 Å². The molecule has 160 valence electrons. The van der Waals surface area contributed by atoms with Gasteiger partial charge in [0.2, 0.25) is 11.9 Å². The SMILES string of the molecule is CCCCc1cc(N2CCC(NC(C)=O)C2)nc(Nc2cc(N)cc(C#N)c2)n1.Cl. The van der Waals surface area contributed by atoms with Crippen LogP contribution in [-0.4, -0.2) is 35.0 Å². The summed E-state index contributed by atoms with van der Waals surface area (Å²) in [6, 6.07) is 9.37. The van der Waals surface area contributed by atoms with Crippen molar-refractivity contribution in [3.8, 4) is 6.07 Å². The lowest BCUT2D eigenvalue weighted by atomic mass is 10.2. The summed E-state index contributed by atoms with van der Waals surface area (Å²) in [7, 11) is 0. The van der Waals surface area contributed by atoms with Crippen LogP contribution in [0.3, 0.4) is 0 Å². The minimum absolute atomic E-state index is 0. The van der Waals surface area contributed by atoms with E-state index < -0.39 is 0 Å². The molecule has 2 heterocycles. The molecule has 2 aromatic rings. The average molecular weight is 430 g/mol. The number of anilines is 4. The highest BCUT2D eigenvalue weighted by atomic mass is 35.5.